The van der Waals surface area contributed by atoms with Crippen molar-refractivity contribution in [3.05, 3.63) is 52.2 Å². The molecule has 0 unspecified atom stereocenters. The monoisotopic (exact) mass is 411 g/mol. The Bertz CT molecular complexity index is 877. The molecule has 2 aromatic rings. The summed E-state index contributed by atoms with van der Waals surface area (Å²) in [5.74, 6) is 0.330. The fraction of sp³-hybridized carbons (Fsp3) is 0.409. The van der Waals surface area contributed by atoms with Crippen LogP contribution in [-0.4, -0.2) is 28.1 Å². The van der Waals surface area contributed by atoms with Gasteiger partial charge in [0.05, 0.1) is 10.6 Å². The molecule has 0 atom stereocenters. The maximum Gasteiger partial charge on any atom is 0.234 e. The minimum absolute atomic E-state index is 0.0103. The van der Waals surface area contributed by atoms with Crippen LogP contribution in [0.1, 0.15) is 49.0 Å². The maximum absolute atomic E-state index is 12.4. The quantitative estimate of drug-likeness (QED) is 0.704. The van der Waals surface area contributed by atoms with E-state index < -0.39 is 0 Å². The summed E-state index contributed by atoms with van der Waals surface area (Å²) in [5.41, 5.74) is 2.69. The number of rotatable bonds is 4. The van der Waals surface area contributed by atoms with Gasteiger partial charge < -0.3 is 5.32 Å². The standard InChI is InChI=1S/C22H25N3OS2/c1-16-8-10-17(11-9-16)23-19(26)15-28-21-20(18-7-6-14-27-18)24-22(25-21)12-4-2-3-5-13-22/h6-11,14H,2-5,12-13,15H2,1H3,(H,23,26). The molecule has 6 heteroatoms. The van der Waals surface area contributed by atoms with Crippen LogP contribution in [0.4, 0.5) is 5.69 Å². The number of thioether (sulfide) groups is 1. The Hall–Kier alpha value is -1.92. The van der Waals surface area contributed by atoms with Crippen molar-refractivity contribution in [3.63, 3.8) is 0 Å². The molecular weight excluding hydrogens is 386 g/mol. The first-order valence-electron chi connectivity index (χ1n) is 9.87. The van der Waals surface area contributed by atoms with Gasteiger partial charge in [-0.05, 0) is 56.2 Å². The number of carbonyl (C=O) groups is 1. The topological polar surface area (TPSA) is 53.8 Å². The molecule has 1 aliphatic heterocycles. The van der Waals surface area contributed by atoms with Gasteiger partial charge in [-0.2, -0.15) is 0 Å². The van der Waals surface area contributed by atoms with Gasteiger partial charge in [0.2, 0.25) is 5.91 Å². The molecule has 1 saturated carbocycles. The van der Waals surface area contributed by atoms with Crippen molar-refractivity contribution in [2.45, 2.75) is 51.1 Å². The number of hydrogen-bond acceptors (Lipinski definition) is 5. The van der Waals surface area contributed by atoms with Crippen molar-refractivity contribution in [2.75, 3.05) is 11.1 Å². The fourth-order valence-electron chi connectivity index (χ4n) is 3.68. The van der Waals surface area contributed by atoms with Crippen LogP contribution in [0.2, 0.25) is 0 Å². The van der Waals surface area contributed by atoms with Crippen molar-refractivity contribution in [1.82, 2.24) is 0 Å². The zero-order valence-corrected chi connectivity index (χ0v) is 17.7. The van der Waals surface area contributed by atoms with Crippen LogP contribution < -0.4 is 5.32 Å². The molecule has 2 heterocycles. The lowest BCUT2D eigenvalue weighted by Crippen LogP contribution is -2.20. The van der Waals surface area contributed by atoms with E-state index in [2.05, 4.69) is 16.8 Å². The number of aliphatic imine (C=N–C) groups is 2. The number of carbonyl (C=O) groups excluding carboxylic acids is 1. The lowest BCUT2D eigenvalue weighted by atomic mass is 10.0. The van der Waals surface area contributed by atoms with E-state index in [4.69, 9.17) is 9.98 Å². The lowest BCUT2D eigenvalue weighted by molar-refractivity contribution is -0.113. The minimum Gasteiger partial charge on any atom is -0.325 e. The highest BCUT2D eigenvalue weighted by Gasteiger charge is 2.37. The van der Waals surface area contributed by atoms with Crippen LogP contribution in [0.25, 0.3) is 0 Å². The first-order chi connectivity index (χ1) is 13.6. The van der Waals surface area contributed by atoms with Gasteiger partial charge in [0, 0.05) is 5.69 Å². The van der Waals surface area contributed by atoms with Crippen LogP contribution >= 0.6 is 23.1 Å². The van der Waals surface area contributed by atoms with Gasteiger partial charge >= 0.3 is 0 Å². The maximum atomic E-state index is 12.4. The summed E-state index contributed by atoms with van der Waals surface area (Å²) in [7, 11) is 0. The molecule has 1 N–H and O–H groups in total. The first kappa shape index (κ1) is 19.4. The zero-order chi connectivity index (χ0) is 19.4. The third-order valence-corrected chi connectivity index (χ3v) is 7.01. The third-order valence-electron chi connectivity index (χ3n) is 5.17. The fourth-order valence-corrected chi connectivity index (χ4v) is 5.33. The summed E-state index contributed by atoms with van der Waals surface area (Å²) in [6.45, 7) is 2.04. The van der Waals surface area contributed by atoms with Crippen molar-refractivity contribution < 1.29 is 4.79 Å². The second-order valence-electron chi connectivity index (χ2n) is 7.45. The normalized spacial score (nSPS) is 18.5. The second-order valence-corrected chi connectivity index (χ2v) is 9.37. The van der Waals surface area contributed by atoms with Gasteiger partial charge in [-0.25, -0.2) is 4.99 Å². The lowest BCUT2D eigenvalue weighted by Gasteiger charge is -2.20. The van der Waals surface area contributed by atoms with Gasteiger partial charge in [0.1, 0.15) is 10.8 Å². The van der Waals surface area contributed by atoms with E-state index in [1.807, 2.05) is 37.3 Å². The van der Waals surface area contributed by atoms with Crippen molar-refractivity contribution >= 4 is 45.4 Å². The van der Waals surface area contributed by atoms with Crippen LogP contribution in [-0.2, 0) is 4.79 Å². The molecule has 146 valence electrons. The summed E-state index contributed by atoms with van der Waals surface area (Å²) < 4.78 is 0. The van der Waals surface area contributed by atoms with Crippen LogP contribution in [0.5, 0.6) is 0 Å². The Morgan fingerprint density at radius 1 is 1.11 bits per heavy atom. The van der Waals surface area contributed by atoms with E-state index in [1.165, 1.54) is 43.0 Å². The Balaban J connectivity index is 1.47. The molecular formula is C22H25N3OS2. The van der Waals surface area contributed by atoms with Gasteiger partial charge in [-0.3, -0.25) is 9.79 Å². The third kappa shape index (κ3) is 4.55. The molecule has 1 aliphatic carbocycles. The van der Waals surface area contributed by atoms with Crippen LogP contribution in [0.15, 0.2) is 51.8 Å². The van der Waals surface area contributed by atoms with Crippen LogP contribution in [0.3, 0.4) is 0 Å². The number of hydrogen-bond donors (Lipinski definition) is 1. The van der Waals surface area contributed by atoms with Gasteiger partial charge in [0.15, 0.2) is 5.66 Å². The number of benzene rings is 1. The summed E-state index contributed by atoms with van der Waals surface area (Å²) in [6, 6.07) is 12.0. The number of aryl methyl sites for hydroxylation is 1. The SMILES string of the molecule is Cc1ccc(NC(=O)CSC2=NC3(CCCCCC3)N=C2c2cccs2)cc1. The second kappa shape index (κ2) is 8.62. The van der Waals surface area contributed by atoms with E-state index >= 15 is 0 Å². The molecule has 1 aromatic carbocycles. The van der Waals surface area contributed by atoms with E-state index in [9.17, 15) is 4.79 Å². The molecule has 1 aromatic heterocycles. The highest BCUT2D eigenvalue weighted by atomic mass is 32.2. The Morgan fingerprint density at radius 2 is 1.86 bits per heavy atom. The Morgan fingerprint density at radius 3 is 2.54 bits per heavy atom. The van der Waals surface area contributed by atoms with Gasteiger partial charge in [-0.1, -0.05) is 48.4 Å². The molecule has 2 aliphatic rings. The van der Waals surface area contributed by atoms with E-state index in [-0.39, 0.29) is 11.6 Å². The summed E-state index contributed by atoms with van der Waals surface area (Å²) >= 11 is 3.20. The molecule has 0 saturated heterocycles. The smallest absolute Gasteiger partial charge is 0.234 e. The van der Waals surface area contributed by atoms with Gasteiger partial charge in [0.25, 0.3) is 0 Å². The molecule has 4 nitrogen and oxygen atoms in total. The zero-order valence-electron chi connectivity index (χ0n) is 16.1. The highest BCUT2D eigenvalue weighted by Crippen LogP contribution is 2.38. The summed E-state index contributed by atoms with van der Waals surface area (Å²) in [6.07, 6.45) is 6.92. The van der Waals surface area contributed by atoms with E-state index in [1.54, 1.807) is 11.3 Å². The summed E-state index contributed by atoms with van der Waals surface area (Å²) in [4.78, 5) is 23.8. The molecule has 1 spiro atoms. The minimum atomic E-state index is -0.300. The molecule has 1 fully saturated rings. The van der Waals surface area contributed by atoms with E-state index in [0.29, 0.717) is 5.75 Å². The molecule has 0 radical (unpaired) electrons. The number of thiophene rings is 1. The largest absolute Gasteiger partial charge is 0.325 e. The predicted octanol–water partition coefficient (Wildman–Crippen LogP) is 5.68. The van der Waals surface area contributed by atoms with Crippen molar-refractivity contribution in [1.29, 1.82) is 0 Å². The molecule has 1 amide bonds. The van der Waals surface area contributed by atoms with Crippen molar-refractivity contribution in [2.24, 2.45) is 9.98 Å². The number of anilines is 1. The average Bonchev–Trinajstić information content (AvgIpc) is 3.27. The van der Waals surface area contributed by atoms with E-state index in [0.717, 1.165) is 34.2 Å². The Labute approximate surface area is 174 Å². The first-order valence-corrected chi connectivity index (χ1v) is 11.7. The molecule has 4 rings (SSSR count). The Kier molecular flexibility index (Phi) is 5.97. The van der Waals surface area contributed by atoms with Crippen LogP contribution in [0, 0.1) is 6.92 Å². The number of nitrogens with one attached hydrogen (secondary N) is 1. The number of amides is 1. The molecule has 0 bridgehead atoms. The number of nitrogens with zero attached hydrogens (tertiary/aromatic N) is 2. The summed E-state index contributed by atoms with van der Waals surface area (Å²) in [5, 5.41) is 5.96. The van der Waals surface area contributed by atoms with Gasteiger partial charge in [-0.15, -0.1) is 11.3 Å². The highest BCUT2D eigenvalue weighted by molar-refractivity contribution is 8.16. The predicted molar refractivity (Wildman–Crippen MR) is 121 cm³/mol. The van der Waals surface area contributed by atoms with Crippen molar-refractivity contribution in [3.8, 4) is 0 Å². The average molecular weight is 412 g/mol. The molecule has 28 heavy (non-hydrogen) atoms.